The summed E-state index contributed by atoms with van der Waals surface area (Å²) in [6.45, 7) is 11.3. The van der Waals surface area contributed by atoms with Crippen molar-refractivity contribution in [2.45, 2.75) is 118 Å². The van der Waals surface area contributed by atoms with Crippen LogP contribution in [-0.4, -0.2) is 36.2 Å². The Morgan fingerprint density at radius 2 is 1.27 bits per heavy atom. The van der Waals surface area contributed by atoms with Crippen LogP contribution in [0.3, 0.4) is 0 Å². The van der Waals surface area contributed by atoms with Crippen molar-refractivity contribution in [3.8, 4) is 0 Å². The zero-order chi connectivity index (χ0) is 22.8. The molecule has 0 aromatic heterocycles. The van der Waals surface area contributed by atoms with E-state index in [1.54, 1.807) is 6.92 Å². The predicted molar refractivity (Wildman–Crippen MR) is 119 cm³/mol. The lowest BCUT2D eigenvalue weighted by molar-refractivity contribution is -0.358. The van der Waals surface area contributed by atoms with E-state index in [-0.39, 0.29) is 12.8 Å². The van der Waals surface area contributed by atoms with Crippen molar-refractivity contribution in [3.05, 3.63) is 0 Å². The standard InChI is InChI=1S/C24H46O6/c1-6-10-14-20(8-3)18-28-24(5,29-19-21(9-4)15-11-7-2)30-23(27)17-13-12-16-22(25)26/h20-21H,6-19H2,1-5H3,(H,25,26). The quantitative estimate of drug-likeness (QED) is 0.138. The van der Waals surface area contributed by atoms with E-state index in [2.05, 4.69) is 27.7 Å². The van der Waals surface area contributed by atoms with E-state index in [1.807, 2.05) is 0 Å². The number of hydrogen-bond acceptors (Lipinski definition) is 5. The number of ether oxygens (including phenoxy) is 3. The van der Waals surface area contributed by atoms with E-state index in [1.165, 1.54) is 0 Å². The highest BCUT2D eigenvalue weighted by molar-refractivity contribution is 5.70. The molecule has 1 N–H and O–H groups in total. The maximum atomic E-state index is 12.3. The van der Waals surface area contributed by atoms with E-state index in [0.29, 0.717) is 37.9 Å². The van der Waals surface area contributed by atoms with Gasteiger partial charge in [0.05, 0.1) is 13.2 Å². The van der Waals surface area contributed by atoms with Gasteiger partial charge >= 0.3 is 17.9 Å². The summed E-state index contributed by atoms with van der Waals surface area (Å²) in [6.07, 6.45) is 9.92. The lowest BCUT2D eigenvalue weighted by Gasteiger charge is -2.32. The Bertz CT molecular complexity index is 431. The van der Waals surface area contributed by atoms with Gasteiger partial charge in [-0.2, -0.15) is 0 Å². The highest BCUT2D eigenvalue weighted by atomic mass is 16.9. The smallest absolute Gasteiger partial charge is 0.326 e. The SMILES string of the molecule is CCCCC(CC)COC(C)(OCC(CC)CCCC)OC(=O)CCCCC(=O)O. The maximum absolute atomic E-state index is 12.3. The number of esters is 1. The van der Waals surface area contributed by atoms with E-state index in [4.69, 9.17) is 19.3 Å². The third-order valence-corrected chi connectivity index (χ3v) is 5.57. The van der Waals surface area contributed by atoms with Gasteiger partial charge in [-0.25, -0.2) is 0 Å². The first-order valence-corrected chi connectivity index (χ1v) is 12.0. The van der Waals surface area contributed by atoms with Crippen molar-refractivity contribution < 1.29 is 28.9 Å². The van der Waals surface area contributed by atoms with Gasteiger partial charge in [0.25, 0.3) is 0 Å². The Kier molecular flexibility index (Phi) is 16.9. The monoisotopic (exact) mass is 430 g/mol. The molecule has 0 aliphatic carbocycles. The summed E-state index contributed by atoms with van der Waals surface area (Å²) in [5.41, 5.74) is 0. The van der Waals surface area contributed by atoms with Gasteiger partial charge in [0.2, 0.25) is 0 Å². The molecule has 0 radical (unpaired) electrons. The molecule has 0 bridgehead atoms. The normalized spacial score (nSPS) is 15.4. The van der Waals surface area contributed by atoms with Crippen LogP contribution in [0.1, 0.15) is 112 Å². The average Bonchev–Trinajstić information content (AvgIpc) is 2.71. The van der Waals surface area contributed by atoms with Crippen LogP contribution >= 0.6 is 0 Å². The lowest BCUT2D eigenvalue weighted by Crippen LogP contribution is -2.40. The molecule has 0 saturated carbocycles. The van der Waals surface area contributed by atoms with Crippen molar-refractivity contribution >= 4 is 11.9 Å². The molecule has 2 atom stereocenters. The van der Waals surface area contributed by atoms with Crippen LogP contribution in [-0.2, 0) is 23.8 Å². The predicted octanol–water partition coefficient (Wildman–Crippen LogP) is 6.31. The van der Waals surface area contributed by atoms with Gasteiger partial charge in [-0.05, 0) is 37.5 Å². The summed E-state index contributed by atoms with van der Waals surface area (Å²) in [4.78, 5) is 23.0. The van der Waals surface area contributed by atoms with E-state index < -0.39 is 17.9 Å². The zero-order valence-corrected chi connectivity index (χ0v) is 20.0. The summed E-state index contributed by atoms with van der Waals surface area (Å²) in [6, 6.07) is 0. The van der Waals surface area contributed by atoms with Crippen LogP contribution < -0.4 is 0 Å². The van der Waals surface area contributed by atoms with Gasteiger partial charge in [-0.3, -0.25) is 9.59 Å². The summed E-state index contributed by atoms with van der Waals surface area (Å²) in [7, 11) is 0. The molecule has 0 spiro atoms. The molecule has 30 heavy (non-hydrogen) atoms. The second-order valence-electron chi connectivity index (χ2n) is 8.39. The average molecular weight is 431 g/mol. The van der Waals surface area contributed by atoms with Gasteiger partial charge in [0.1, 0.15) is 0 Å². The minimum absolute atomic E-state index is 0.0583. The Balaban J connectivity index is 4.85. The van der Waals surface area contributed by atoms with Gasteiger partial charge in [-0.15, -0.1) is 0 Å². The fraction of sp³-hybridized carbons (Fsp3) is 0.917. The molecule has 178 valence electrons. The Hall–Kier alpha value is -1.14. The number of carboxylic acids is 1. The molecule has 0 saturated heterocycles. The molecule has 0 aromatic rings. The summed E-state index contributed by atoms with van der Waals surface area (Å²) in [5.74, 6) is -1.85. The third-order valence-electron chi connectivity index (χ3n) is 5.57. The van der Waals surface area contributed by atoms with E-state index in [0.717, 1.165) is 51.4 Å². The number of rotatable bonds is 20. The molecule has 0 aliphatic heterocycles. The first-order chi connectivity index (χ1) is 14.3. The molecule has 0 aliphatic rings. The second-order valence-corrected chi connectivity index (χ2v) is 8.39. The molecule has 6 heteroatoms. The number of carboxylic acid groups (broad SMARTS) is 1. The molecule has 0 rings (SSSR count). The molecule has 0 fully saturated rings. The maximum Gasteiger partial charge on any atom is 0.326 e. The summed E-state index contributed by atoms with van der Waals surface area (Å²) < 4.78 is 17.7. The summed E-state index contributed by atoms with van der Waals surface area (Å²) >= 11 is 0. The number of hydrogen-bond donors (Lipinski definition) is 1. The molecular weight excluding hydrogens is 384 g/mol. The highest BCUT2D eigenvalue weighted by Crippen LogP contribution is 2.24. The zero-order valence-electron chi connectivity index (χ0n) is 20.0. The van der Waals surface area contributed by atoms with Crippen molar-refractivity contribution in [1.82, 2.24) is 0 Å². The number of unbranched alkanes of at least 4 members (excludes halogenated alkanes) is 3. The van der Waals surface area contributed by atoms with Gasteiger partial charge in [0.15, 0.2) is 0 Å². The van der Waals surface area contributed by atoms with Crippen LogP contribution in [0, 0.1) is 11.8 Å². The van der Waals surface area contributed by atoms with Crippen LogP contribution in [0.15, 0.2) is 0 Å². The number of aliphatic carboxylic acids is 1. The van der Waals surface area contributed by atoms with Gasteiger partial charge < -0.3 is 19.3 Å². The van der Waals surface area contributed by atoms with Crippen LogP contribution in [0.25, 0.3) is 0 Å². The first-order valence-electron chi connectivity index (χ1n) is 12.0. The largest absolute Gasteiger partial charge is 0.481 e. The minimum atomic E-state index is -1.40. The van der Waals surface area contributed by atoms with Crippen LogP contribution in [0.2, 0.25) is 0 Å². The Morgan fingerprint density at radius 1 is 0.800 bits per heavy atom. The van der Waals surface area contributed by atoms with E-state index in [9.17, 15) is 9.59 Å². The van der Waals surface area contributed by atoms with Gasteiger partial charge in [0, 0.05) is 19.8 Å². The van der Waals surface area contributed by atoms with Crippen molar-refractivity contribution in [2.24, 2.45) is 11.8 Å². The summed E-state index contributed by atoms with van der Waals surface area (Å²) in [5, 5.41) is 8.72. The number of carbonyl (C=O) groups excluding carboxylic acids is 1. The lowest BCUT2D eigenvalue weighted by atomic mass is 10.0. The fourth-order valence-corrected chi connectivity index (χ4v) is 3.24. The highest BCUT2D eigenvalue weighted by Gasteiger charge is 2.33. The molecule has 6 nitrogen and oxygen atoms in total. The van der Waals surface area contributed by atoms with Crippen LogP contribution in [0.5, 0.6) is 0 Å². The Labute approximate surface area is 184 Å². The second kappa shape index (κ2) is 17.5. The van der Waals surface area contributed by atoms with Crippen LogP contribution in [0.4, 0.5) is 0 Å². The van der Waals surface area contributed by atoms with Crippen molar-refractivity contribution in [2.75, 3.05) is 13.2 Å². The molecule has 0 amide bonds. The van der Waals surface area contributed by atoms with Gasteiger partial charge in [-0.1, -0.05) is 66.2 Å². The molecular formula is C24H46O6. The minimum Gasteiger partial charge on any atom is -0.481 e. The Morgan fingerprint density at radius 3 is 1.67 bits per heavy atom. The third kappa shape index (κ3) is 14.8. The molecule has 0 aromatic carbocycles. The van der Waals surface area contributed by atoms with Crippen molar-refractivity contribution in [1.29, 1.82) is 0 Å². The fourth-order valence-electron chi connectivity index (χ4n) is 3.24. The van der Waals surface area contributed by atoms with E-state index >= 15 is 0 Å². The number of carbonyl (C=O) groups is 2. The molecule has 2 unspecified atom stereocenters. The topological polar surface area (TPSA) is 82.1 Å². The first kappa shape index (κ1) is 28.9. The molecule has 0 heterocycles. The van der Waals surface area contributed by atoms with Crippen molar-refractivity contribution in [3.63, 3.8) is 0 Å².